The number of aliphatic hydroxyl groups excluding tert-OH is 1. The van der Waals surface area contributed by atoms with Gasteiger partial charge in [0.25, 0.3) is 0 Å². The van der Waals surface area contributed by atoms with Gasteiger partial charge in [0.15, 0.2) is 0 Å². The molecule has 3 heteroatoms. The topological polar surface area (TPSA) is 42.0 Å². The summed E-state index contributed by atoms with van der Waals surface area (Å²) in [5.41, 5.74) is 2.09. The Labute approximate surface area is 125 Å². The van der Waals surface area contributed by atoms with E-state index < -0.39 is 6.10 Å². The van der Waals surface area contributed by atoms with Gasteiger partial charge >= 0.3 is 0 Å². The molecule has 110 valence electrons. The molecule has 1 aliphatic rings. The summed E-state index contributed by atoms with van der Waals surface area (Å²) in [5, 5.41) is 10.2. The standard InChI is InChI=1S/C18H20O3/c19-17(15-9-5-2-6-10-15)18-16(21-18)11-12-20-13-14-7-3-1-4-8-14/h1-10,16-19H,11-13H2/t16-,17-,18-/m1/s1. The zero-order chi connectivity index (χ0) is 14.5. The average Bonchev–Trinajstić information content (AvgIpc) is 3.32. The van der Waals surface area contributed by atoms with Gasteiger partial charge in [0.2, 0.25) is 0 Å². The summed E-state index contributed by atoms with van der Waals surface area (Å²) in [6.07, 6.45) is 0.301. The lowest BCUT2D eigenvalue weighted by molar-refractivity contribution is 0.113. The summed E-state index contributed by atoms with van der Waals surface area (Å²) >= 11 is 0. The molecular formula is C18H20O3. The lowest BCUT2D eigenvalue weighted by atomic mass is 10.0. The highest BCUT2D eigenvalue weighted by atomic mass is 16.6. The first-order chi connectivity index (χ1) is 10.3. The first kappa shape index (κ1) is 14.3. The molecule has 1 N–H and O–H groups in total. The van der Waals surface area contributed by atoms with Crippen LogP contribution in [0.4, 0.5) is 0 Å². The molecular weight excluding hydrogens is 264 g/mol. The van der Waals surface area contributed by atoms with Crippen molar-refractivity contribution >= 4 is 0 Å². The maximum absolute atomic E-state index is 10.2. The van der Waals surface area contributed by atoms with E-state index in [4.69, 9.17) is 9.47 Å². The summed E-state index contributed by atoms with van der Waals surface area (Å²) < 4.78 is 11.2. The zero-order valence-electron chi connectivity index (χ0n) is 11.9. The first-order valence-corrected chi connectivity index (χ1v) is 7.35. The highest BCUT2D eigenvalue weighted by Gasteiger charge is 2.44. The van der Waals surface area contributed by atoms with Gasteiger partial charge in [0.05, 0.1) is 12.7 Å². The summed E-state index contributed by atoms with van der Waals surface area (Å²) in [5.74, 6) is 0. The highest BCUT2D eigenvalue weighted by molar-refractivity contribution is 5.20. The molecule has 0 radical (unpaired) electrons. The normalized spacial score (nSPS) is 22.0. The summed E-state index contributed by atoms with van der Waals surface area (Å²) in [4.78, 5) is 0. The van der Waals surface area contributed by atoms with E-state index in [-0.39, 0.29) is 12.2 Å². The van der Waals surface area contributed by atoms with Crippen molar-refractivity contribution in [2.24, 2.45) is 0 Å². The minimum Gasteiger partial charge on any atom is -0.386 e. The predicted molar refractivity (Wildman–Crippen MR) is 80.8 cm³/mol. The predicted octanol–water partition coefficient (Wildman–Crippen LogP) is 3.09. The molecule has 3 rings (SSSR count). The van der Waals surface area contributed by atoms with Gasteiger partial charge in [-0.2, -0.15) is 0 Å². The summed E-state index contributed by atoms with van der Waals surface area (Å²) in [6.45, 7) is 1.27. The van der Waals surface area contributed by atoms with Gasteiger partial charge in [-0.3, -0.25) is 0 Å². The van der Waals surface area contributed by atoms with Gasteiger partial charge < -0.3 is 14.6 Å². The lowest BCUT2D eigenvalue weighted by Gasteiger charge is -2.07. The van der Waals surface area contributed by atoms with Crippen LogP contribution in [0.25, 0.3) is 0 Å². The van der Waals surface area contributed by atoms with Crippen LogP contribution in [0.1, 0.15) is 23.7 Å². The van der Waals surface area contributed by atoms with Gasteiger partial charge in [-0.25, -0.2) is 0 Å². The Morgan fingerprint density at radius 1 is 1.00 bits per heavy atom. The highest BCUT2D eigenvalue weighted by Crippen LogP contribution is 2.36. The van der Waals surface area contributed by atoms with E-state index >= 15 is 0 Å². The molecule has 0 aliphatic carbocycles. The fraction of sp³-hybridized carbons (Fsp3) is 0.333. The monoisotopic (exact) mass is 284 g/mol. The number of hydrogen-bond donors (Lipinski definition) is 1. The van der Waals surface area contributed by atoms with Crippen molar-refractivity contribution in [3.8, 4) is 0 Å². The van der Waals surface area contributed by atoms with Gasteiger partial charge in [0, 0.05) is 6.61 Å². The van der Waals surface area contributed by atoms with E-state index in [0.717, 1.165) is 12.0 Å². The molecule has 2 aromatic rings. The van der Waals surface area contributed by atoms with Crippen LogP contribution in [0.3, 0.4) is 0 Å². The van der Waals surface area contributed by atoms with Crippen molar-refractivity contribution in [1.29, 1.82) is 0 Å². The molecule has 0 aromatic heterocycles. The lowest BCUT2D eigenvalue weighted by Crippen LogP contribution is -2.09. The summed E-state index contributed by atoms with van der Waals surface area (Å²) in [7, 11) is 0. The van der Waals surface area contributed by atoms with E-state index in [2.05, 4.69) is 12.1 Å². The Morgan fingerprint density at radius 3 is 2.38 bits per heavy atom. The number of hydrogen-bond acceptors (Lipinski definition) is 3. The fourth-order valence-electron chi connectivity index (χ4n) is 2.47. The van der Waals surface area contributed by atoms with Crippen LogP contribution in [-0.4, -0.2) is 23.9 Å². The molecule has 3 atom stereocenters. The largest absolute Gasteiger partial charge is 0.386 e. The molecule has 2 aromatic carbocycles. The van der Waals surface area contributed by atoms with Gasteiger partial charge in [-0.05, 0) is 17.5 Å². The zero-order valence-corrected chi connectivity index (χ0v) is 11.9. The maximum Gasteiger partial charge on any atom is 0.114 e. The van der Waals surface area contributed by atoms with Crippen molar-refractivity contribution in [2.45, 2.75) is 31.3 Å². The number of aliphatic hydroxyl groups is 1. The molecule has 0 amide bonds. The van der Waals surface area contributed by atoms with E-state index in [1.165, 1.54) is 5.56 Å². The second kappa shape index (κ2) is 6.85. The van der Waals surface area contributed by atoms with Crippen LogP contribution in [0.2, 0.25) is 0 Å². The van der Waals surface area contributed by atoms with Gasteiger partial charge in [0.1, 0.15) is 12.2 Å². The number of ether oxygens (including phenoxy) is 2. The van der Waals surface area contributed by atoms with Crippen LogP contribution in [0.5, 0.6) is 0 Å². The molecule has 1 saturated heterocycles. The van der Waals surface area contributed by atoms with Crippen molar-refractivity contribution in [3.63, 3.8) is 0 Å². The van der Waals surface area contributed by atoms with E-state index in [1.54, 1.807) is 0 Å². The Hall–Kier alpha value is -1.68. The summed E-state index contributed by atoms with van der Waals surface area (Å²) in [6, 6.07) is 19.8. The van der Waals surface area contributed by atoms with Crippen molar-refractivity contribution in [1.82, 2.24) is 0 Å². The SMILES string of the molecule is O[C@H](c1ccccc1)[C@@H]1O[C@@H]1CCOCc1ccccc1. The smallest absolute Gasteiger partial charge is 0.114 e. The molecule has 0 unspecified atom stereocenters. The molecule has 0 saturated carbocycles. The molecule has 0 spiro atoms. The fourth-order valence-corrected chi connectivity index (χ4v) is 2.47. The molecule has 1 fully saturated rings. The quantitative estimate of drug-likeness (QED) is 0.627. The molecule has 21 heavy (non-hydrogen) atoms. The molecule has 3 nitrogen and oxygen atoms in total. The van der Waals surface area contributed by atoms with Crippen LogP contribution in [0.15, 0.2) is 60.7 Å². The van der Waals surface area contributed by atoms with E-state index in [0.29, 0.717) is 13.2 Å². The van der Waals surface area contributed by atoms with Crippen molar-refractivity contribution < 1.29 is 14.6 Å². The molecule has 1 aliphatic heterocycles. The Bertz CT molecular complexity index is 541. The van der Waals surface area contributed by atoms with E-state index in [1.807, 2.05) is 48.5 Å². The van der Waals surface area contributed by atoms with E-state index in [9.17, 15) is 5.11 Å². The van der Waals surface area contributed by atoms with Crippen LogP contribution in [0, 0.1) is 0 Å². The van der Waals surface area contributed by atoms with Crippen molar-refractivity contribution in [2.75, 3.05) is 6.61 Å². The van der Waals surface area contributed by atoms with Gasteiger partial charge in [-0.1, -0.05) is 60.7 Å². The molecule has 1 heterocycles. The molecule has 0 bridgehead atoms. The van der Waals surface area contributed by atoms with Crippen LogP contribution >= 0.6 is 0 Å². The minimum absolute atomic E-state index is 0.0901. The Kier molecular flexibility index (Phi) is 4.65. The number of benzene rings is 2. The maximum atomic E-state index is 10.2. The third-order valence-electron chi connectivity index (χ3n) is 3.73. The minimum atomic E-state index is -0.537. The Balaban J connectivity index is 1.37. The Morgan fingerprint density at radius 2 is 1.67 bits per heavy atom. The third-order valence-corrected chi connectivity index (χ3v) is 3.73. The third kappa shape index (κ3) is 3.91. The van der Waals surface area contributed by atoms with Crippen molar-refractivity contribution in [3.05, 3.63) is 71.8 Å². The second-order valence-corrected chi connectivity index (χ2v) is 5.32. The number of epoxide rings is 1. The van der Waals surface area contributed by atoms with Crippen LogP contribution in [-0.2, 0) is 16.1 Å². The van der Waals surface area contributed by atoms with Gasteiger partial charge in [-0.15, -0.1) is 0 Å². The van der Waals surface area contributed by atoms with Crippen LogP contribution < -0.4 is 0 Å². The second-order valence-electron chi connectivity index (χ2n) is 5.32. The first-order valence-electron chi connectivity index (χ1n) is 7.35. The average molecular weight is 284 g/mol. The number of rotatable bonds is 7.